The Morgan fingerprint density at radius 2 is 1.73 bits per heavy atom. The summed E-state index contributed by atoms with van der Waals surface area (Å²) >= 11 is 0. The topological polar surface area (TPSA) is 47.1 Å². The largest absolute Gasteiger partial charge is 0.496 e. The number of nitrogens with one attached hydrogen (secondary N) is 1. The van der Waals surface area contributed by atoms with E-state index in [-0.39, 0.29) is 0 Å². The number of methoxy groups -OCH3 is 1. The number of hydrogen-bond donors (Lipinski definition) is 1. The highest BCUT2D eigenvalue weighted by Gasteiger charge is 2.10. The van der Waals surface area contributed by atoms with Gasteiger partial charge in [-0.1, -0.05) is 30.3 Å². The minimum absolute atomic E-state index is 0.433. The fourth-order valence-corrected chi connectivity index (χ4v) is 3.00. The predicted molar refractivity (Wildman–Crippen MR) is 104 cm³/mol. The number of nitrogens with zero attached hydrogens (tertiary/aromatic N) is 1. The standard InChI is InChI=1S/C22H20N2O2/c1-15-7-3-6-10-20(15)26-14-17-13-16(11-12-21(17)25-2)22-23-18-8-4-5-9-19(18)24-22/h3-13H,14H2,1-2H3,(H,23,24). The lowest BCUT2D eigenvalue weighted by atomic mass is 10.1. The molecule has 0 spiro atoms. The van der Waals surface area contributed by atoms with Gasteiger partial charge in [-0.25, -0.2) is 4.98 Å². The van der Waals surface area contributed by atoms with Gasteiger partial charge in [-0.05, 0) is 48.9 Å². The number of aryl methyl sites for hydroxylation is 1. The molecule has 0 bridgehead atoms. The zero-order valence-corrected chi connectivity index (χ0v) is 14.8. The lowest BCUT2D eigenvalue weighted by Crippen LogP contribution is -2.00. The molecule has 4 heteroatoms. The second kappa shape index (κ2) is 6.92. The van der Waals surface area contributed by atoms with Crippen molar-refractivity contribution >= 4 is 11.0 Å². The number of rotatable bonds is 5. The molecule has 0 saturated heterocycles. The van der Waals surface area contributed by atoms with E-state index in [1.54, 1.807) is 7.11 Å². The Hall–Kier alpha value is -3.27. The molecule has 1 N–H and O–H groups in total. The van der Waals surface area contributed by atoms with Gasteiger partial charge in [0.2, 0.25) is 0 Å². The maximum Gasteiger partial charge on any atom is 0.138 e. The third-order valence-corrected chi connectivity index (χ3v) is 4.42. The maximum atomic E-state index is 6.00. The van der Waals surface area contributed by atoms with Gasteiger partial charge in [0.25, 0.3) is 0 Å². The lowest BCUT2D eigenvalue weighted by Gasteiger charge is -2.13. The average molecular weight is 344 g/mol. The van der Waals surface area contributed by atoms with E-state index in [2.05, 4.69) is 16.0 Å². The smallest absolute Gasteiger partial charge is 0.138 e. The Morgan fingerprint density at radius 3 is 2.54 bits per heavy atom. The zero-order valence-electron chi connectivity index (χ0n) is 14.8. The molecule has 3 aromatic carbocycles. The first-order valence-electron chi connectivity index (χ1n) is 8.55. The normalized spacial score (nSPS) is 10.8. The number of hydrogen-bond acceptors (Lipinski definition) is 3. The average Bonchev–Trinajstić information content (AvgIpc) is 3.11. The first-order chi connectivity index (χ1) is 12.7. The number of para-hydroxylation sites is 3. The molecule has 4 rings (SSSR count). The Morgan fingerprint density at radius 1 is 0.923 bits per heavy atom. The van der Waals surface area contributed by atoms with E-state index in [4.69, 9.17) is 9.47 Å². The van der Waals surface area contributed by atoms with Gasteiger partial charge < -0.3 is 14.5 Å². The minimum atomic E-state index is 0.433. The number of aromatic nitrogens is 2. The molecule has 0 fully saturated rings. The predicted octanol–water partition coefficient (Wildman–Crippen LogP) is 5.13. The molecule has 0 saturated carbocycles. The van der Waals surface area contributed by atoms with Crippen LogP contribution in [0.3, 0.4) is 0 Å². The Kier molecular flexibility index (Phi) is 4.32. The number of ether oxygens (including phenoxy) is 2. The molecule has 0 amide bonds. The van der Waals surface area contributed by atoms with Gasteiger partial charge in [-0.15, -0.1) is 0 Å². The van der Waals surface area contributed by atoms with Crippen molar-refractivity contribution in [2.75, 3.05) is 7.11 Å². The molecular weight excluding hydrogens is 324 g/mol. The Labute approximate surface area is 152 Å². The van der Waals surface area contributed by atoms with Crippen molar-refractivity contribution in [1.29, 1.82) is 0 Å². The fraction of sp³-hybridized carbons (Fsp3) is 0.136. The quantitative estimate of drug-likeness (QED) is 0.546. The van der Waals surface area contributed by atoms with E-state index in [1.165, 1.54) is 0 Å². The number of H-pyrrole nitrogens is 1. The van der Waals surface area contributed by atoms with E-state index in [1.807, 2.05) is 67.6 Å². The van der Waals surface area contributed by atoms with E-state index < -0.39 is 0 Å². The summed E-state index contributed by atoms with van der Waals surface area (Å²) in [4.78, 5) is 8.04. The number of imidazole rings is 1. The summed E-state index contributed by atoms with van der Waals surface area (Å²) in [5.74, 6) is 2.52. The summed E-state index contributed by atoms with van der Waals surface area (Å²) in [6, 6.07) is 22.0. The van der Waals surface area contributed by atoms with Crippen molar-refractivity contribution in [1.82, 2.24) is 9.97 Å². The van der Waals surface area contributed by atoms with Crippen LogP contribution in [-0.4, -0.2) is 17.1 Å². The molecule has 1 heterocycles. The lowest BCUT2D eigenvalue weighted by molar-refractivity contribution is 0.295. The van der Waals surface area contributed by atoms with Crippen LogP contribution in [0.2, 0.25) is 0 Å². The maximum absolute atomic E-state index is 6.00. The number of aromatic amines is 1. The number of fused-ring (bicyclic) bond motifs is 1. The van der Waals surface area contributed by atoms with Gasteiger partial charge >= 0.3 is 0 Å². The van der Waals surface area contributed by atoms with Crippen molar-refractivity contribution < 1.29 is 9.47 Å². The molecule has 26 heavy (non-hydrogen) atoms. The van der Waals surface area contributed by atoms with Crippen molar-refractivity contribution in [2.45, 2.75) is 13.5 Å². The molecule has 0 aliphatic heterocycles. The molecule has 4 aromatic rings. The van der Waals surface area contributed by atoms with Gasteiger partial charge in [0.1, 0.15) is 23.9 Å². The van der Waals surface area contributed by atoms with E-state index in [9.17, 15) is 0 Å². The van der Waals surface area contributed by atoms with Crippen LogP contribution in [0.5, 0.6) is 11.5 Å². The summed E-state index contributed by atoms with van der Waals surface area (Å²) in [5.41, 5.74) is 5.08. The third-order valence-electron chi connectivity index (χ3n) is 4.42. The van der Waals surface area contributed by atoms with E-state index >= 15 is 0 Å². The molecule has 0 radical (unpaired) electrons. The molecule has 130 valence electrons. The molecule has 0 aliphatic carbocycles. The van der Waals surface area contributed by atoms with Gasteiger partial charge in [0.05, 0.1) is 18.1 Å². The van der Waals surface area contributed by atoms with Gasteiger partial charge in [0, 0.05) is 11.1 Å². The molecule has 0 unspecified atom stereocenters. The monoisotopic (exact) mass is 344 g/mol. The van der Waals surface area contributed by atoms with Crippen LogP contribution in [0.4, 0.5) is 0 Å². The van der Waals surface area contributed by atoms with Crippen molar-refractivity contribution in [2.24, 2.45) is 0 Å². The van der Waals surface area contributed by atoms with Gasteiger partial charge in [-0.2, -0.15) is 0 Å². The van der Waals surface area contributed by atoms with E-state index in [0.29, 0.717) is 6.61 Å². The number of benzene rings is 3. The van der Waals surface area contributed by atoms with Crippen molar-refractivity contribution in [3.63, 3.8) is 0 Å². The highest BCUT2D eigenvalue weighted by atomic mass is 16.5. The summed E-state index contributed by atoms with van der Waals surface area (Å²) in [6.45, 7) is 2.47. The summed E-state index contributed by atoms with van der Waals surface area (Å²) in [5, 5.41) is 0. The van der Waals surface area contributed by atoms with Crippen LogP contribution >= 0.6 is 0 Å². The minimum Gasteiger partial charge on any atom is -0.496 e. The molecule has 1 aromatic heterocycles. The first-order valence-corrected chi connectivity index (χ1v) is 8.55. The highest BCUT2D eigenvalue weighted by Crippen LogP contribution is 2.28. The second-order valence-electron chi connectivity index (χ2n) is 6.18. The van der Waals surface area contributed by atoms with Crippen LogP contribution in [0, 0.1) is 6.92 Å². The summed E-state index contributed by atoms with van der Waals surface area (Å²) in [6.07, 6.45) is 0. The highest BCUT2D eigenvalue weighted by molar-refractivity contribution is 5.79. The zero-order chi connectivity index (χ0) is 17.9. The Bertz CT molecular complexity index is 1020. The van der Waals surface area contributed by atoms with Crippen LogP contribution in [-0.2, 0) is 6.61 Å². The van der Waals surface area contributed by atoms with Crippen LogP contribution in [0.25, 0.3) is 22.4 Å². The molecule has 4 nitrogen and oxygen atoms in total. The van der Waals surface area contributed by atoms with E-state index in [0.717, 1.165) is 45.0 Å². The second-order valence-corrected chi connectivity index (χ2v) is 6.18. The molecule has 0 atom stereocenters. The summed E-state index contributed by atoms with van der Waals surface area (Å²) < 4.78 is 11.5. The SMILES string of the molecule is COc1ccc(-c2nc3ccccc3[nH]2)cc1COc1ccccc1C. The first kappa shape index (κ1) is 16.2. The van der Waals surface area contributed by atoms with Gasteiger partial charge in [-0.3, -0.25) is 0 Å². The molecule has 0 aliphatic rings. The van der Waals surface area contributed by atoms with Crippen LogP contribution in [0.1, 0.15) is 11.1 Å². The third kappa shape index (κ3) is 3.14. The van der Waals surface area contributed by atoms with Crippen LogP contribution in [0.15, 0.2) is 66.7 Å². The summed E-state index contributed by atoms with van der Waals surface area (Å²) in [7, 11) is 1.67. The fourth-order valence-electron chi connectivity index (χ4n) is 3.00. The van der Waals surface area contributed by atoms with Crippen LogP contribution < -0.4 is 9.47 Å². The van der Waals surface area contributed by atoms with Crippen molar-refractivity contribution in [3.8, 4) is 22.9 Å². The Balaban J connectivity index is 1.65. The van der Waals surface area contributed by atoms with Gasteiger partial charge in [0.15, 0.2) is 0 Å². The molecular formula is C22H20N2O2. The van der Waals surface area contributed by atoms with Crippen molar-refractivity contribution in [3.05, 3.63) is 77.9 Å².